The lowest BCUT2D eigenvalue weighted by Crippen LogP contribution is -3.15. The molecule has 1 aliphatic rings. The van der Waals surface area contributed by atoms with E-state index in [-0.39, 0.29) is 24.0 Å². The summed E-state index contributed by atoms with van der Waals surface area (Å²) >= 11 is 3.43. The topological polar surface area (TPSA) is 78.9 Å². The van der Waals surface area contributed by atoms with Crippen LogP contribution in [0.4, 0.5) is 15.8 Å². The Kier molecular flexibility index (Phi) is 6.24. The number of piperazine rings is 1. The minimum atomic E-state index is -0.548. The molecule has 0 aliphatic carbocycles. The first-order valence-electron chi connectivity index (χ1n) is 9.98. The second-order valence-corrected chi connectivity index (χ2v) is 8.39. The van der Waals surface area contributed by atoms with Crippen molar-refractivity contribution in [2.24, 2.45) is 0 Å². The molecular weight excluding hydrogens is 467 g/mol. The van der Waals surface area contributed by atoms with E-state index in [1.165, 1.54) is 13.2 Å². The van der Waals surface area contributed by atoms with Gasteiger partial charge in [-0.1, -0.05) is 28.1 Å². The van der Waals surface area contributed by atoms with E-state index < -0.39 is 5.97 Å². The number of anilines is 2. The van der Waals surface area contributed by atoms with Crippen LogP contribution in [-0.2, 0) is 9.53 Å². The minimum absolute atomic E-state index is 0.194. The Morgan fingerprint density at radius 3 is 2.68 bits per heavy atom. The number of hydrogen-bond acceptors (Lipinski definition) is 4. The number of nitrogens with zero attached hydrogens (tertiary/aromatic N) is 1. The molecule has 2 aromatic carbocycles. The van der Waals surface area contributed by atoms with Crippen molar-refractivity contribution in [2.75, 3.05) is 50.1 Å². The van der Waals surface area contributed by atoms with E-state index in [0.717, 1.165) is 20.3 Å². The number of benzene rings is 2. The van der Waals surface area contributed by atoms with Crippen LogP contribution in [0, 0.1) is 5.82 Å². The van der Waals surface area contributed by atoms with Gasteiger partial charge in [0.2, 0.25) is 0 Å². The Hall–Kier alpha value is -2.91. The van der Waals surface area contributed by atoms with E-state index in [1.807, 2.05) is 29.2 Å². The number of rotatable bonds is 5. The van der Waals surface area contributed by atoms with E-state index >= 15 is 0 Å². The molecule has 1 amide bonds. The summed E-state index contributed by atoms with van der Waals surface area (Å²) in [5.74, 6) is -0.974. The van der Waals surface area contributed by atoms with Gasteiger partial charge in [-0.15, -0.1) is 0 Å². The summed E-state index contributed by atoms with van der Waals surface area (Å²) in [6.07, 6.45) is 0. The second-order valence-electron chi connectivity index (χ2n) is 7.47. The molecule has 1 fully saturated rings. The van der Waals surface area contributed by atoms with Gasteiger partial charge in [0.15, 0.2) is 6.54 Å². The van der Waals surface area contributed by atoms with Gasteiger partial charge in [-0.25, -0.2) is 9.18 Å². The van der Waals surface area contributed by atoms with Crippen LogP contribution >= 0.6 is 15.9 Å². The minimum Gasteiger partial charge on any atom is -0.464 e. The van der Waals surface area contributed by atoms with E-state index in [2.05, 4.69) is 26.2 Å². The molecule has 3 aromatic rings. The highest BCUT2D eigenvalue weighted by molar-refractivity contribution is 9.10. The molecule has 1 saturated heterocycles. The number of esters is 1. The Balaban J connectivity index is 1.44. The van der Waals surface area contributed by atoms with Crippen molar-refractivity contribution >= 4 is 50.1 Å². The fourth-order valence-corrected chi connectivity index (χ4v) is 4.27. The Bertz CT molecular complexity index is 1130. The van der Waals surface area contributed by atoms with Crippen LogP contribution in [0.2, 0.25) is 0 Å². The van der Waals surface area contributed by atoms with Gasteiger partial charge < -0.3 is 24.8 Å². The Morgan fingerprint density at radius 1 is 1.23 bits per heavy atom. The summed E-state index contributed by atoms with van der Waals surface area (Å²) < 4.78 is 19.7. The third-order valence-electron chi connectivity index (χ3n) is 5.49. The maximum Gasteiger partial charge on any atom is 0.356 e. The van der Waals surface area contributed by atoms with Crippen LogP contribution in [0.25, 0.3) is 10.9 Å². The van der Waals surface area contributed by atoms with Crippen molar-refractivity contribution in [2.45, 2.75) is 0 Å². The number of H-pyrrole nitrogens is 1. The van der Waals surface area contributed by atoms with Gasteiger partial charge in [0.05, 0.1) is 44.7 Å². The Morgan fingerprint density at radius 2 is 1.97 bits per heavy atom. The first kappa shape index (κ1) is 21.3. The van der Waals surface area contributed by atoms with Crippen LogP contribution in [-0.4, -0.2) is 56.7 Å². The number of ether oxygens (including phenoxy) is 1. The van der Waals surface area contributed by atoms with Gasteiger partial charge >= 0.3 is 5.97 Å². The van der Waals surface area contributed by atoms with E-state index in [4.69, 9.17) is 4.74 Å². The average molecular weight is 490 g/mol. The largest absolute Gasteiger partial charge is 0.464 e. The smallest absolute Gasteiger partial charge is 0.356 e. The third kappa shape index (κ3) is 4.57. The molecule has 31 heavy (non-hydrogen) atoms. The predicted molar refractivity (Wildman–Crippen MR) is 120 cm³/mol. The zero-order valence-corrected chi connectivity index (χ0v) is 18.6. The van der Waals surface area contributed by atoms with Crippen LogP contribution in [0.15, 0.2) is 46.9 Å². The number of aromatic nitrogens is 1. The number of halogens is 2. The monoisotopic (exact) mass is 489 g/mol. The molecule has 0 spiro atoms. The molecular formula is C22H23BrFN4O3+. The molecule has 3 N–H and O–H groups in total. The number of amides is 1. The van der Waals surface area contributed by atoms with E-state index in [1.54, 1.807) is 12.1 Å². The number of aromatic amines is 1. The van der Waals surface area contributed by atoms with Crippen molar-refractivity contribution in [3.05, 3.63) is 58.4 Å². The summed E-state index contributed by atoms with van der Waals surface area (Å²) in [4.78, 5) is 31.1. The molecule has 0 radical (unpaired) electrons. The fraction of sp³-hybridized carbons (Fsp3) is 0.273. The molecule has 4 rings (SSSR count). The van der Waals surface area contributed by atoms with Crippen molar-refractivity contribution in [3.8, 4) is 0 Å². The van der Waals surface area contributed by atoms with Crippen LogP contribution in [0.5, 0.6) is 0 Å². The van der Waals surface area contributed by atoms with Crippen LogP contribution in [0.3, 0.4) is 0 Å². The Labute approximate surface area is 187 Å². The average Bonchev–Trinajstić information content (AvgIpc) is 3.11. The molecule has 0 saturated carbocycles. The molecule has 2 heterocycles. The lowest BCUT2D eigenvalue weighted by Gasteiger charge is -2.33. The molecule has 9 heteroatoms. The van der Waals surface area contributed by atoms with E-state index in [9.17, 15) is 14.0 Å². The molecule has 162 valence electrons. The number of nitrogens with one attached hydrogen (secondary N) is 3. The fourth-order valence-electron chi connectivity index (χ4n) is 3.91. The normalized spacial score (nSPS) is 14.6. The number of quaternary nitrogens is 1. The highest BCUT2D eigenvalue weighted by atomic mass is 79.9. The summed E-state index contributed by atoms with van der Waals surface area (Å²) in [6.45, 7) is 3.01. The number of para-hydroxylation sites is 1. The highest BCUT2D eigenvalue weighted by Crippen LogP contribution is 2.30. The predicted octanol–water partition coefficient (Wildman–Crippen LogP) is 2.20. The molecule has 0 bridgehead atoms. The number of carbonyl (C=O) groups excluding carboxylic acids is 2. The number of fused-ring (bicyclic) bond motifs is 1. The van der Waals surface area contributed by atoms with Gasteiger partial charge in [-0.2, -0.15) is 0 Å². The summed E-state index contributed by atoms with van der Waals surface area (Å²) in [5, 5.41) is 3.61. The van der Waals surface area contributed by atoms with Crippen molar-refractivity contribution in [3.63, 3.8) is 0 Å². The zero-order valence-electron chi connectivity index (χ0n) is 17.0. The second kappa shape index (κ2) is 9.07. The maximum atomic E-state index is 14.0. The first-order chi connectivity index (χ1) is 15.0. The van der Waals surface area contributed by atoms with Gasteiger partial charge in [-0.3, -0.25) is 4.79 Å². The zero-order chi connectivity index (χ0) is 22.0. The lowest BCUT2D eigenvalue weighted by molar-refractivity contribution is -0.892. The van der Waals surface area contributed by atoms with Crippen molar-refractivity contribution in [1.82, 2.24) is 4.98 Å². The molecule has 7 nitrogen and oxygen atoms in total. The van der Waals surface area contributed by atoms with Crippen molar-refractivity contribution in [1.29, 1.82) is 0 Å². The molecule has 0 atom stereocenters. The van der Waals surface area contributed by atoms with Crippen LogP contribution in [0.1, 0.15) is 10.5 Å². The SMILES string of the molecule is COC(=O)c1[nH]c2ccc(Br)cc2c1NC(=O)C[NH+]1CCN(c2ccccc2F)CC1. The van der Waals surface area contributed by atoms with Gasteiger partial charge in [0, 0.05) is 15.4 Å². The van der Waals surface area contributed by atoms with Crippen LogP contribution < -0.4 is 15.1 Å². The van der Waals surface area contributed by atoms with E-state index in [0.29, 0.717) is 37.6 Å². The van der Waals surface area contributed by atoms with Gasteiger partial charge in [-0.05, 0) is 30.3 Å². The molecule has 0 unspecified atom stereocenters. The standard InChI is InChI=1S/C22H22BrFN4O3/c1-31-22(30)21-20(15-12-14(23)6-7-17(15)25-21)26-19(29)13-27-8-10-28(11-9-27)18-5-3-2-4-16(18)24/h2-7,12,25H,8-11,13H2,1H3,(H,26,29)/p+1. The summed E-state index contributed by atoms with van der Waals surface area (Å²) in [5.41, 5.74) is 1.95. The number of carbonyl (C=O) groups is 2. The third-order valence-corrected chi connectivity index (χ3v) is 5.98. The first-order valence-corrected chi connectivity index (χ1v) is 10.8. The lowest BCUT2D eigenvalue weighted by atomic mass is 10.2. The van der Waals surface area contributed by atoms with Crippen molar-refractivity contribution < 1.29 is 23.6 Å². The maximum absolute atomic E-state index is 14.0. The summed E-state index contributed by atoms with van der Waals surface area (Å²) in [6, 6.07) is 12.3. The summed E-state index contributed by atoms with van der Waals surface area (Å²) in [7, 11) is 1.30. The molecule has 1 aliphatic heterocycles. The van der Waals surface area contributed by atoms with Gasteiger partial charge in [0.1, 0.15) is 11.5 Å². The number of methoxy groups -OCH3 is 1. The van der Waals surface area contributed by atoms with Gasteiger partial charge in [0.25, 0.3) is 5.91 Å². The number of hydrogen-bond donors (Lipinski definition) is 3. The quantitative estimate of drug-likeness (QED) is 0.480. The highest BCUT2D eigenvalue weighted by Gasteiger charge is 2.26. The molecule has 1 aromatic heterocycles.